The first-order chi connectivity index (χ1) is 11.0. The molecule has 1 fully saturated rings. The summed E-state index contributed by atoms with van der Waals surface area (Å²) >= 11 is 0. The third-order valence-electron chi connectivity index (χ3n) is 2.99. The second kappa shape index (κ2) is 9.90. The molecular formula is C14H22N2O7. The average Bonchev–Trinajstić information content (AvgIpc) is 2.84. The predicted octanol–water partition coefficient (Wildman–Crippen LogP) is -0.329. The van der Waals surface area contributed by atoms with E-state index < -0.39 is 29.8 Å². The lowest BCUT2D eigenvalue weighted by atomic mass is 10.2. The minimum Gasteiger partial charge on any atom is -0.463 e. The lowest BCUT2D eigenvalue weighted by Crippen LogP contribution is -2.40. The molecule has 0 aromatic carbocycles. The van der Waals surface area contributed by atoms with Gasteiger partial charge in [-0.25, -0.2) is 4.79 Å². The Balaban J connectivity index is 2.20. The fourth-order valence-electron chi connectivity index (χ4n) is 1.74. The van der Waals surface area contributed by atoms with Crippen molar-refractivity contribution in [1.82, 2.24) is 5.06 Å². The van der Waals surface area contributed by atoms with Crippen LogP contribution in [0.1, 0.15) is 39.0 Å². The van der Waals surface area contributed by atoms with Crippen molar-refractivity contribution in [3.05, 3.63) is 0 Å². The van der Waals surface area contributed by atoms with Crippen molar-refractivity contribution in [2.45, 2.75) is 45.1 Å². The molecule has 0 spiro atoms. The molecule has 1 rings (SSSR count). The van der Waals surface area contributed by atoms with E-state index in [9.17, 15) is 19.2 Å². The molecule has 1 unspecified atom stereocenters. The SMILES string of the molecule is CCCOCCOC(=O)CCC(N)C(=O)ON1C(=O)CCC1=O. The summed E-state index contributed by atoms with van der Waals surface area (Å²) < 4.78 is 10.0. The summed E-state index contributed by atoms with van der Waals surface area (Å²) in [4.78, 5) is 50.4. The summed E-state index contributed by atoms with van der Waals surface area (Å²) in [6, 6.07) is -1.12. The Bertz CT molecular complexity index is 436. The van der Waals surface area contributed by atoms with Gasteiger partial charge < -0.3 is 20.0 Å². The zero-order valence-electron chi connectivity index (χ0n) is 13.1. The van der Waals surface area contributed by atoms with E-state index in [1.807, 2.05) is 6.92 Å². The molecule has 0 aliphatic carbocycles. The van der Waals surface area contributed by atoms with Gasteiger partial charge in [0.25, 0.3) is 11.8 Å². The van der Waals surface area contributed by atoms with E-state index in [2.05, 4.69) is 4.84 Å². The van der Waals surface area contributed by atoms with Crippen LogP contribution in [0.3, 0.4) is 0 Å². The number of rotatable bonds is 10. The van der Waals surface area contributed by atoms with Crippen LogP contribution in [0.2, 0.25) is 0 Å². The summed E-state index contributed by atoms with van der Waals surface area (Å²) in [5.41, 5.74) is 5.57. The molecule has 0 bridgehead atoms. The van der Waals surface area contributed by atoms with Gasteiger partial charge in [0.15, 0.2) is 0 Å². The molecular weight excluding hydrogens is 308 g/mol. The second-order valence-corrected chi connectivity index (χ2v) is 4.97. The van der Waals surface area contributed by atoms with E-state index in [0.717, 1.165) is 6.42 Å². The summed E-state index contributed by atoms with van der Waals surface area (Å²) in [5, 5.41) is 0.422. The molecule has 0 saturated carbocycles. The number of carbonyl (C=O) groups is 4. The van der Waals surface area contributed by atoms with Crippen LogP contribution in [-0.4, -0.2) is 54.7 Å². The van der Waals surface area contributed by atoms with E-state index in [0.29, 0.717) is 18.3 Å². The van der Waals surface area contributed by atoms with Crippen LogP contribution in [-0.2, 0) is 33.5 Å². The van der Waals surface area contributed by atoms with Crippen LogP contribution >= 0.6 is 0 Å². The van der Waals surface area contributed by atoms with Crippen LogP contribution in [0.15, 0.2) is 0 Å². The molecule has 1 heterocycles. The van der Waals surface area contributed by atoms with Gasteiger partial charge in [-0.15, -0.1) is 5.06 Å². The molecule has 1 aliphatic rings. The van der Waals surface area contributed by atoms with Crippen molar-refractivity contribution in [3.63, 3.8) is 0 Å². The molecule has 1 atom stereocenters. The molecule has 130 valence electrons. The lowest BCUT2D eigenvalue weighted by molar-refractivity contribution is -0.198. The standard InChI is InChI=1S/C14H22N2O7/c1-2-7-21-8-9-22-13(19)6-3-10(15)14(20)23-16-11(17)4-5-12(16)18/h10H,2-9,15H2,1H3. The number of nitrogens with two attached hydrogens (primary N) is 1. The maximum Gasteiger partial charge on any atom is 0.349 e. The molecule has 2 amide bonds. The van der Waals surface area contributed by atoms with Gasteiger partial charge in [-0.2, -0.15) is 0 Å². The molecule has 2 N–H and O–H groups in total. The van der Waals surface area contributed by atoms with Gasteiger partial charge in [0.05, 0.1) is 6.61 Å². The Kier molecular flexibility index (Phi) is 8.20. The van der Waals surface area contributed by atoms with E-state index in [4.69, 9.17) is 15.2 Å². The highest BCUT2D eigenvalue weighted by Crippen LogP contribution is 2.13. The number of ether oxygens (including phenoxy) is 2. The zero-order valence-corrected chi connectivity index (χ0v) is 13.1. The Morgan fingerprint density at radius 1 is 1.17 bits per heavy atom. The number of amides is 2. The number of hydrogen-bond donors (Lipinski definition) is 1. The van der Waals surface area contributed by atoms with Crippen LogP contribution in [0.25, 0.3) is 0 Å². The van der Waals surface area contributed by atoms with Gasteiger partial charge >= 0.3 is 11.9 Å². The number of esters is 1. The topological polar surface area (TPSA) is 125 Å². The van der Waals surface area contributed by atoms with Crippen molar-refractivity contribution in [2.24, 2.45) is 5.73 Å². The Labute approximate surface area is 134 Å². The third-order valence-corrected chi connectivity index (χ3v) is 2.99. The number of imide groups is 1. The summed E-state index contributed by atoms with van der Waals surface area (Å²) in [5.74, 6) is -2.61. The van der Waals surface area contributed by atoms with Crippen molar-refractivity contribution in [1.29, 1.82) is 0 Å². The minimum atomic E-state index is -1.12. The van der Waals surface area contributed by atoms with Gasteiger partial charge in [-0.3, -0.25) is 14.4 Å². The summed E-state index contributed by atoms with van der Waals surface area (Å²) in [7, 11) is 0. The number of hydroxylamine groups is 2. The van der Waals surface area contributed by atoms with Gasteiger partial charge in [0.2, 0.25) is 0 Å². The second-order valence-electron chi connectivity index (χ2n) is 4.97. The van der Waals surface area contributed by atoms with Crippen LogP contribution in [0, 0.1) is 0 Å². The molecule has 0 aromatic heterocycles. The van der Waals surface area contributed by atoms with Crippen LogP contribution < -0.4 is 5.73 Å². The van der Waals surface area contributed by atoms with E-state index in [1.54, 1.807) is 0 Å². The predicted molar refractivity (Wildman–Crippen MR) is 76.5 cm³/mol. The zero-order chi connectivity index (χ0) is 17.2. The maximum absolute atomic E-state index is 11.7. The number of carbonyl (C=O) groups excluding carboxylic acids is 4. The monoisotopic (exact) mass is 330 g/mol. The third kappa shape index (κ3) is 6.74. The number of nitrogens with zero attached hydrogens (tertiary/aromatic N) is 1. The smallest absolute Gasteiger partial charge is 0.349 e. The molecule has 0 radical (unpaired) electrons. The molecule has 1 aliphatic heterocycles. The molecule has 0 aromatic rings. The van der Waals surface area contributed by atoms with Crippen molar-refractivity contribution < 1.29 is 33.5 Å². The Morgan fingerprint density at radius 3 is 2.43 bits per heavy atom. The van der Waals surface area contributed by atoms with Crippen molar-refractivity contribution in [3.8, 4) is 0 Å². The highest BCUT2D eigenvalue weighted by molar-refractivity contribution is 6.01. The molecule has 9 nitrogen and oxygen atoms in total. The molecule has 1 saturated heterocycles. The van der Waals surface area contributed by atoms with Gasteiger partial charge in [-0.05, 0) is 12.8 Å². The van der Waals surface area contributed by atoms with Crippen molar-refractivity contribution >= 4 is 23.8 Å². The lowest BCUT2D eigenvalue weighted by Gasteiger charge is -2.16. The normalized spacial score (nSPS) is 15.7. The highest BCUT2D eigenvalue weighted by atomic mass is 16.7. The summed E-state index contributed by atoms with van der Waals surface area (Å²) in [6.07, 6.45) is 0.810. The Hall–Kier alpha value is -2.00. The van der Waals surface area contributed by atoms with E-state index >= 15 is 0 Å². The van der Waals surface area contributed by atoms with Crippen LogP contribution in [0.4, 0.5) is 0 Å². The van der Waals surface area contributed by atoms with E-state index in [-0.39, 0.29) is 32.3 Å². The van der Waals surface area contributed by atoms with E-state index in [1.165, 1.54) is 0 Å². The highest BCUT2D eigenvalue weighted by Gasteiger charge is 2.34. The van der Waals surface area contributed by atoms with Gasteiger partial charge in [0, 0.05) is 25.9 Å². The maximum atomic E-state index is 11.7. The quantitative estimate of drug-likeness (QED) is 0.328. The first kappa shape index (κ1) is 19.0. The fraction of sp³-hybridized carbons (Fsp3) is 0.714. The first-order valence-electron chi connectivity index (χ1n) is 7.52. The van der Waals surface area contributed by atoms with Crippen LogP contribution in [0.5, 0.6) is 0 Å². The van der Waals surface area contributed by atoms with Gasteiger partial charge in [-0.1, -0.05) is 6.92 Å². The average molecular weight is 330 g/mol. The molecule has 9 heteroatoms. The minimum absolute atomic E-state index is 0.00772. The summed E-state index contributed by atoms with van der Waals surface area (Å²) in [6.45, 7) is 3.01. The molecule has 23 heavy (non-hydrogen) atoms. The van der Waals surface area contributed by atoms with Gasteiger partial charge in [0.1, 0.15) is 12.6 Å². The van der Waals surface area contributed by atoms with Crippen molar-refractivity contribution in [2.75, 3.05) is 19.8 Å². The largest absolute Gasteiger partial charge is 0.463 e. The fourth-order valence-corrected chi connectivity index (χ4v) is 1.74. The first-order valence-corrected chi connectivity index (χ1v) is 7.52. The number of hydrogen-bond acceptors (Lipinski definition) is 8. The Morgan fingerprint density at radius 2 is 1.83 bits per heavy atom.